The lowest BCUT2D eigenvalue weighted by atomic mass is 9.98. The number of piperidine rings is 1. The zero-order valence-electron chi connectivity index (χ0n) is 15.1. The van der Waals surface area contributed by atoms with E-state index >= 15 is 0 Å². The number of benzene rings is 2. The smallest absolute Gasteiger partial charge is 0.274 e. The molecule has 7 heteroatoms. The maximum Gasteiger partial charge on any atom is 0.274 e. The average Bonchev–Trinajstić information content (AvgIpc) is 3.18. The molecule has 1 saturated heterocycles. The van der Waals surface area contributed by atoms with Crippen LogP contribution in [0, 0.1) is 0 Å². The summed E-state index contributed by atoms with van der Waals surface area (Å²) in [5.41, 5.74) is 1.04. The number of rotatable bonds is 2. The molecule has 6 nitrogen and oxygen atoms in total. The molecule has 5 rings (SSSR count). The highest BCUT2D eigenvalue weighted by atomic mass is 32.1. The first kappa shape index (κ1) is 17.1. The minimum atomic E-state index is -0.279. The van der Waals surface area contributed by atoms with E-state index in [-0.39, 0.29) is 17.4 Å². The number of fused-ring (bicyclic) bond motifs is 2. The van der Waals surface area contributed by atoms with E-state index in [1.165, 1.54) is 4.70 Å². The van der Waals surface area contributed by atoms with Crippen LogP contribution in [0.25, 0.3) is 21.0 Å². The van der Waals surface area contributed by atoms with Crippen LogP contribution in [0.1, 0.15) is 34.3 Å². The van der Waals surface area contributed by atoms with Crippen molar-refractivity contribution in [2.24, 2.45) is 0 Å². The summed E-state index contributed by atoms with van der Waals surface area (Å²) in [4.78, 5) is 31.8. The third-order valence-corrected chi connectivity index (χ3v) is 6.47. The van der Waals surface area contributed by atoms with Crippen LogP contribution in [0.2, 0.25) is 0 Å². The van der Waals surface area contributed by atoms with Crippen LogP contribution in [0.3, 0.4) is 0 Å². The molecule has 4 aromatic rings. The summed E-state index contributed by atoms with van der Waals surface area (Å²) < 4.78 is 1.18. The molecule has 0 spiro atoms. The van der Waals surface area contributed by atoms with E-state index in [2.05, 4.69) is 16.3 Å². The van der Waals surface area contributed by atoms with E-state index < -0.39 is 0 Å². The van der Waals surface area contributed by atoms with Crippen LogP contribution in [0.4, 0.5) is 0 Å². The number of H-pyrrole nitrogens is 1. The molecule has 0 radical (unpaired) electrons. The van der Waals surface area contributed by atoms with E-state index in [0.29, 0.717) is 29.6 Å². The molecule has 0 saturated carbocycles. The van der Waals surface area contributed by atoms with Crippen molar-refractivity contribution in [1.82, 2.24) is 20.1 Å². The van der Waals surface area contributed by atoms with Crippen molar-refractivity contribution in [3.05, 3.63) is 69.6 Å². The minimum Gasteiger partial charge on any atom is -0.337 e. The van der Waals surface area contributed by atoms with Gasteiger partial charge in [-0.05, 0) is 31.0 Å². The lowest BCUT2D eigenvalue weighted by Gasteiger charge is -2.31. The summed E-state index contributed by atoms with van der Waals surface area (Å²) in [6, 6.07) is 15.2. The third-order valence-electron chi connectivity index (χ3n) is 5.27. The van der Waals surface area contributed by atoms with Gasteiger partial charge in [-0.3, -0.25) is 9.59 Å². The van der Waals surface area contributed by atoms with E-state index in [9.17, 15) is 9.59 Å². The molecule has 2 aromatic carbocycles. The van der Waals surface area contributed by atoms with Gasteiger partial charge in [-0.2, -0.15) is 5.10 Å². The standard InChI is InChI=1S/C21H18N4O2S/c26-19-15-8-2-1-7-14(15)18(23-24-19)21(27)25-11-5-6-13(12-25)20-22-16-9-3-4-10-17(16)28-20/h1-4,7-10,13H,5-6,11-12H2,(H,24,26)/t13-/m0/s1. The summed E-state index contributed by atoms with van der Waals surface area (Å²) in [6.45, 7) is 1.31. The predicted molar refractivity (Wildman–Crippen MR) is 110 cm³/mol. The Balaban J connectivity index is 1.46. The lowest BCUT2D eigenvalue weighted by molar-refractivity contribution is 0.0702. The number of nitrogens with zero attached hydrogens (tertiary/aromatic N) is 3. The molecule has 0 aliphatic carbocycles. The van der Waals surface area contributed by atoms with E-state index in [4.69, 9.17) is 4.98 Å². The van der Waals surface area contributed by atoms with E-state index in [1.807, 2.05) is 29.2 Å². The Morgan fingerprint density at radius 3 is 2.75 bits per heavy atom. The Kier molecular flexibility index (Phi) is 4.16. The number of hydrogen-bond donors (Lipinski definition) is 1. The van der Waals surface area contributed by atoms with Gasteiger partial charge in [0.15, 0.2) is 5.69 Å². The van der Waals surface area contributed by atoms with Crippen molar-refractivity contribution in [2.75, 3.05) is 13.1 Å². The van der Waals surface area contributed by atoms with Crippen molar-refractivity contribution < 1.29 is 4.79 Å². The highest BCUT2D eigenvalue weighted by Gasteiger charge is 2.29. The predicted octanol–water partition coefficient (Wildman–Crippen LogP) is 3.55. The van der Waals surface area contributed by atoms with Crippen molar-refractivity contribution >= 4 is 38.2 Å². The fraction of sp³-hybridized carbons (Fsp3) is 0.238. The number of carbonyl (C=O) groups is 1. The highest BCUT2D eigenvalue weighted by Crippen LogP contribution is 2.33. The number of aromatic nitrogens is 3. The monoisotopic (exact) mass is 390 g/mol. The van der Waals surface area contributed by atoms with Crippen molar-refractivity contribution in [2.45, 2.75) is 18.8 Å². The Hall–Kier alpha value is -3.06. The van der Waals surface area contributed by atoms with Gasteiger partial charge in [0.25, 0.3) is 11.5 Å². The first-order valence-corrected chi connectivity index (χ1v) is 10.1. The number of thiazole rings is 1. The van der Waals surface area contributed by atoms with E-state index in [0.717, 1.165) is 23.4 Å². The average molecular weight is 390 g/mol. The first-order chi connectivity index (χ1) is 13.7. The van der Waals surface area contributed by atoms with Gasteiger partial charge in [0.2, 0.25) is 0 Å². The fourth-order valence-corrected chi connectivity index (χ4v) is 4.95. The second-order valence-electron chi connectivity index (χ2n) is 7.06. The van der Waals surface area contributed by atoms with Crippen LogP contribution in [0.15, 0.2) is 53.3 Å². The van der Waals surface area contributed by atoms with Crippen molar-refractivity contribution in [1.29, 1.82) is 0 Å². The van der Waals surface area contributed by atoms with Crippen molar-refractivity contribution in [3.8, 4) is 0 Å². The second-order valence-corrected chi connectivity index (χ2v) is 8.12. The topological polar surface area (TPSA) is 79.0 Å². The largest absolute Gasteiger partial charge is 0.337 e. The van der Waals surface area contributed by atoms with Gasteiger partial charge in [-0.25, -0.2) is 10.1 Å². The number of para-hydroxylation sites is 1. The van der Waals surface area contributed by atoms with Crippen molar-refractivity contribution in [3.63, 3.8) is 0 Å². The molecule has 1 N–H and O–H groups in total. The Bertz CT molecular complexity index is 1210. The normalized spacial score (nSPS) is 17.3. The lowest BCUT2D eigenvalue weighted by Crippen LogP contribution is -2.40. The first-order valence-electron chi connectivity index (χ1n) is 9.33. The zero-order chi connectivity index (χ0) is 19.1. The van der Waals surface area contributed by atoms with Crippen LogP contribution in [-0.4, -0.2) is 39.1 Å². The third kappa shape index (κ3) is 2.88. The van der Waals surface area contributed by atoms with Gasteiger partial charge in [0.1, 0.15) is 0 Å². The number of aromatic amines is 1. The fourth-order valence-electron chi connectivity index (χ4n) is 3.86. The molecule has 3 heterocycles. The van der Waals surface area contributed by atoms with Gasteiger partial charge in [0.05, 0.1) is 20.6 Å². The molecule has 1 aliphatic heterocycles. The SMILES string of the molecule is O=C(c1n[nH]c(=O)c2ccccc12)N1CCC[C@H](c2nc3ccccc3s2)C1. The van der Waals surface area contributed by atoms with Crippen LogP contribution in [0.5, 0.6) is 0 Å². The summed E-state index contributed by atoms with van der Waals surface area (Å²) >= 11 is 1.71. The number of hydrogen-bond acceptors (Lipinski definition) is 5. The molecule has 1 atom stereocenters. The number of likely N-dealkylation sites (tertiary alicyclic amines) is 1. The Morgan fingerprint density at radius 1 is 1.11 bits per heavy atom. The Labute approximate surface area is 164 Å². The molecule has 1 aliphatic rings. The molecular formula is C21H18N4O2S. The number of carbonyl (C=O) groups excluding carboxylic acids is 1. The minimum absolute atomic E-state index is 0.140. The summed E-state index contributed by atoms with van der Waals surface area (Å²) in [5.74, 6) is 0.0855. The van der Waals surface area contributed by atoms with Crippen LogP contribution in [-0.2, 0) is 0 Å². The molecular weight excluding hydrogens is 372 g/mol. The summed E-state index contributed by atoms with van der Waals surface area (Å²) in [5, 5.41) is 8.70. The molecule has 28 heavy (non-hydrogen) atoms. The van der Waals surface area contributed by atoms with Crippen LogP contribution >= 0.6 is 11.3 Å². The van der Waals surface area contributed by atoms with Gasteiger partial charge in [-0.15, -0.1) is 11.3 Å². The molecule has 0 bridgehead atoms. The maximum atomic E-state index is 13.2. The molecule has 140 valence electrons. The summed E-state index contributed by atoms with van der Waals surface area (Å²) in [6.07, 6.45) is 1.94. The quantitative estimate of drug-likeness (QED) is 0.568. The van der Waals surface area contributed by atoms with Gasteiger partial charge >= 0.3 is 0 Å². The Morgan fingerprint density at radius 2 is 1.89 bits per heavy atom. The second kappa shape index (κ2) is 6.83. The van der Waals surface area contributed by atoms with Gasteiger partial charge in [0, 0.05) is 24.4 Å². The highest BCUT2D eigenvalue weighted by molar-refractivity contribution is 7.18. The number of amides is 1. The summed E-state index contributed by atoms with van der Waals surface area (Å²) in [7, 11) is 0. The maximum absolute atomic E-state index is 13.2. The molecule has 0 unspecified atom stereocenters. The van der Waals surface area contributed by atoms with Gasteiger partial charge in [-0.1, -0.05) is 30.3 Å². The molecule has 1 amide bonds. The molecule has 2 aromatic heterocycles. The van der Waals surface area contributed by atoms with Crippen LogP contribution < -0.4 is 5.56 Å². The van der Waals surface area contributed by atoms with Gasteiger partial charge < -0.3 is 4.90 Å². The van der Waals surface area contributed by atoms with E-state index in [1.54, 1.807) is 29.5 Å². The zero-order valence-corrected chi connectivity index (χ0v) is 15.9. The number of nitrogens with one attached hydrogen (secondary N) is 1. The molecule has 1 fully saturated rings.